The highest BCUT2D eigenvalue weighted by Crippen LogP contribution is 2.37. The van der Waals surface area contributed by atoms with Gasteiger partial charge in [0.25, 0.3) is 0 Å². The summed E-state index contributed by atoms with van der Waals surface area (Å²) in [6.45, 7) is 1.97. The van der Waals surface area contributed by atoms with E-state index in [4.69, 9.17) is 4.74 Å². The third-order valence-electron chi connectivity index (χ3n) is 3.80. The van der Waals surface area contributed by atoms with Crippen molar-refractivity contribution < 1.29 is 27.1 Å². The molecule has 0 aliphatic rings. The van der Waals surface area contributed by atoms with Crippen molar-refractivity contribution in [1.82, 2.24) is 15.1 Å². The Balaban J connectivity index is 1.79. The van der Waals surface area contributed by atoms with Crippen molar-refractivity contribution in [2.45, 2.75) is 19.6 Å². The molecule has 3 aromatic rings. The Bertz CT molecular complexity index is 982. The predicted molar refractivity (Wildman–Crippen MR) is 92.6 cm³/mol. The molecule has 1 amide bonds. The largest absolute Gasteiger partial charge is 0.437 e. The van der Waals surface area contributed by atoms with E-state index in [-0.39, 0.29) is 12.2 Å². The quantitative estimate of drug-likeness (QED) is 0.658. The van der Waals surface area contributed by atoms with Gasteiger partial charge in [0, 0.05) is 6.54 Å². The molecular formula is C19H15F4N3O2. The third-order valence-corrected chi connectivity index (χ3v) is 3.80. The highest BCUT2D eigenvalue weighted by Gasteiger charge is 2.40. The normalized spacial score (nSPS) is 11.3. The lowest BCUT2D eigenvalue weighted by atomic mass is 10.1. The predicted octanol–water partition coefficient (Wildman–Crippen LogP) is 4.63. The van der Waals surface area contributed by atoms with Crippen LogP contribution in [0.15, 0.2) is 54.7 Å². The molecule has 0 saturated carbocycles. The molecule has 0 atom stereocenters. The SMILES string of the molecule is Cc1cccc(CNC(=O)Oc2cnn(-c3ccc(F)cc3)c2C(F)(F)F)c1. The number of rotatable bonds is 4. The zero-order valence-corrected chi connectivity index (χ0v) is 14.6. The minimum Gasteiger partial charge on any atom is -0.406 e. The van der Waals surface area contributed by atoms with Gasteiger partial charge < -0.3 is 10.1 Å². The Labute approximate surface area is 157 Å². The Kier molecular flexibility index (Phi) is 5.34. The fourth-order valence-electron chi connectivity index (χ4n) is 2.58. The van der Waals surface area contributed by atoms with E-state index in [0.29, 0.717) is 4.68 Å². The minimum absolute atomic E-state index is 0.0243. The first kappa shape index (κ1) is 19.4. The summed E-state index contributed by atoms with van der Waals surface area (Å²) in [6, 6.07) is 11.6. The Morgan fingerprint density at radius 2 is 1.89 bits per heavy atom. The first-order chi connectivity index (χ1) is 13.2. The summed E-state index contributed by atoms with van der Waals surface area (Å²) in [5.74, 6) is -1.35. The van der Waals surface area contributed by atoms with Crippen LogP contribution in [0.25, 0.3) is 5.69 Å². The molecular weight excluding hydrogens is 378 g/mol. The van der Waals surface area contributed by atoms with E-state index in [2.05, 4.69) is 10.4 Å². The zero-order valence-electron chi connectivity index (χ0n) is 14.6. The van der Waals surface area contributed by atoms with Crippen molar-refractivity contribution in [1.29, 1.82) is 0 Å². The average molecular weight is 393 g/mol. The van der Waals surface area contributed by atoms with Gasteiger partial charge in [0.2, 0.25) is 0 Å². The smallest absolute Gasteiger partial charge is 0.406 e. The standard InChI is InChI=1S/C19H15F4N3O2/c1-12-3-2-4-13(9-12)10-24-18(27)28-16-11-25-26(17(16)19(21,22)23)15-7-5-14(20)6-8-15/h2-9,11H,10H2,1H3,(H,24,27). The Morgan fingerprint density at radius 3 is 2.54 bits per heavy atom. The number of halogens is 4. The molecule has 0 spiro atoms. The summed E-state index contributed by atoms with van der Waals surface area (Å²) in [7, 11) is 0. The van der Waals surface area contributed by atoms with Crippen molar-refractivity contribution in [3.05, 3.63) is 77.4 Å². The maximum atomic E-state index is 13.5. The number of alkyl halides is 3. The molecule has 5 nitrogen and oxygen atoms in total. The lowest BCUT2D eigenvalue weighted by Crippen LogP contribution is -2.27. The summed E-state index contributed by atoms with van der Waals surface area (Å²) in [6.07, 6.45) is -5.11. The third kappa shape index (κ3) is 4.48. The molecule has 0 bridgehead atoms. The Morgan fingerprint density at radius 1 is 1.18 bits per heavy atom. The number of carbonyl (C=O) groups is 1. The lowest BCUT2D eigenvalue weighted by Gasteiger charge is -2.13. The number of benzene rings is 2. The van der Waals surface area contributed by atoms with Crippen LogP contribution in [0.2, 0.25) is 0 Å². The van der Waals surface area contributed by atoms with E-state index in [1.807, 2.05) is 19.1 Å². The number of nitrogens with one attached hydrogen (secondary N) is 1. The minimum atomic E-state index is -4.85. The summed E-state index contributed by atoms with van der Waals surface area (Å²) in [5, 5.41) is 6.03. The van der Waals surface area contributed by atoms with Crippen molar-refractivity contribution in [2.75, 3.05) is 0 Å². The van der Waals surface area contributed by atoms with E-state index in [9.17, 15) is 22.4 Å². The van der Waals surface area contributed by atoms with Crippen molar-refractivity contribution in [3.63, 3.8) is 0 Å². The molecule has 9 heteroatoms. The summed E-state index contributed by atoms with van der Waals surface area (Å²) < 4.78 is 58.9. The zero-order chi connectivity index (χ0) is 20.3. The molecule has 146 valence electrons. The van der Waals surface area contributed by atoms with E-state index in [1.165, 1.54) is 0 Å². The van der Waals surface area contributed by atoms with Crippen LogP contribution >= 0.6 is 0 Å². The van der Waals surface area contributed by atoms with Gasteiger partial charge in [-0.15, -0.1) is 0 Å². The lowest BCUT2D eigenvalue weighted by molar-refractivity contribution is -0.143. The van der Waals surface area contributed by atoms with E-state index in [0.717, 1.165) is 41.6 Å². The maximum Gasteiger partial charge on any atom is 0.437 e. The molecule has 0 saturated heterocycles. The van der Waals surface area contributed by atoms with Crippen LogP contribution in [-0.2, 0) is 12.7 Å². The fourth-order valence-corrected chi connectivity index (χ4v) is 2.58. The van der Waals surface area contributed by atoms with Gasteiger partial charge in [-0.3, -0.25) is 0 Å². The number of nitrogens with zero attached hydrogens (tertiary/aromatic N) is 2. The molecule has 1 heterocycles. The summed E-state index contributed by atoms with van der Waals surface area (Å²) >= 11 is 0. The maximum absolute atomic E-state index is 13.5. The first-order valence-electron chi connectivity index (χ1n) is 8.16. The number of carbonyl (C=O) groups excluding carboxylic acids is 1. The van der Waals surface area contributed by atoms with Gasteiger partial charge in [-0.05, 0) is 36.8 Å². The van der Waals surface area contributed by atoms with Crippen molar-refractivity contribution >= 4 is 6.09 Å². The second-order valence-corrected chi connectivity index (χ2v) is 5.98. The van der Waals surface area contributed by atoms with Crippen molar-refractivity contribution in [3.8, 4) is 11.4 Å². The molecule has 0 aliphatic heterocycles. The fraction of sp³-hybridized carbons (Fsp3) is 0.158. The van der Waals surface area contributed by atoms with Gasteiger partial charge in [-0.1, -0.05) is 29.8 Å². The number of hydrogen-bond donors (Lipinski definition) is 1. The molecule has 3 rings (SSSR count). The summed E-state index contributed by atoms with van der Waals surface area (Å²) in [4.78, 5) is 12.0. The molecule has 0 unspecified atom stereocenters. The molecule has 0 fully saturated rings. The van der Waals surface area contributed by atoms with Crippen molar-refractivity contribution in [2.24, 2.45) is 0 Å². The Hall–Kier alpha value is -3.36. The van der Waals surface area contributed by atoms with Gasteiger partial charge in [0.15, 0.2) is 11.4 Å². The molecule has 2 aromatic carbocycles. The van der Waals surface area contributed by atoms with Gasteiger partial charge in [-0.25, -0.2) is 13.9 Å². The number of ether oxygens (including phenoxy) is 1. The van der Waals surface area contributed by atoms with Gasteiger partial charge in [0.05, 0.1) is 11.9 Å². The molecule has 0 aliphatic carbocycles. The second kappa shape index (κ2) is 7.71. The van der Waals surface area contributed by atoms with E-state index in [1.54, 1.807) is 12.1 Å². The first-order valence-corrected chi connectivity index (χ1v) is 8.16. The van der Waals surface area contributed by atoms with Crippen LogP contribution in [0.1, 0.15) is 16.8 Å². The highest BCUT2D eigenvalue weighted by atomic mass is 19.4. The van der Waals surface area contributed by atoms with Crippen LogP contribution < -0.4 is 10.1 Å². The van der Waals surface area contributed by atoms with Crippen LogP contribution in [0.3, 0.4) is 0 Å². The molecule has 1 aromatic heterocycles. The van der Waals surface area contributed by atoms with Crippen LogP contribution in [-0.4, -0.2) is 15.9 Å². The van der Waals surface area contributed by atoms with Gasteiger partial charge in [0.1, 0.15) is 5.82 Å². The van der Waals surface area contributed by atoms with E-state index >= 15 is 0 Å². The second-order valence-electron chi connectivity index (χ2n) is 5.98. The number of amides is 1. The van der Waals surface area contributed by atoms with Crippen LogP contribution in [0.4, 0.5) is 22.4 Å². The number of hydrogen-bond acceptors (Lipinski definition) is 3. The van der Waals surface area contributed by atoms with Crippen LogP contribution in [0.5, 0.6) is 5.75 Å². The topological polar surface area (TPSA) is 56.1 Å². The monoisotopic (exact) mass is 393 g/mol. The number of aromatic nitrogens is 2. The average Bonchev–Trinajstić information content (AvgIpc) is 3.04. The highest BCUT2D eigenvalue weighted by molar-refractivity contribution is 5.70. The molecule has 28 heavy (non-hydrogen) atoms. The molecule has 1 N–H and O–H groups in total. The summed E-state index contributed by atoms with van der Waals surface area (Å²) in [5.41, 5.74) is 0.455. The number of aryl methyl sites for hydroxylation is 1. The van der Waals surface area contributed by atoms with E-state index < -0.39 is 29.5 Å². The van der Waals surface area contributed by atoms with Gasteiger partial charge in [-0.2, -0.15) is 18.3 Å². The van der Waals surface area contributed by atoms with Crippen LogP contribution in [0, 0.1) is 12.7 Å². The van der Waals surface area contributed by atoms with Gasteiger partial charge >= 0.3 is 12.3 Å². The molecule has 0 radical (unpaired) electrons.